The molecule has 2 rings (SSSR count). The summed E-state index contributed by atoms with van der Waals surface area (Å²) in [7, 11) is 0. The van der Waals surface area contributed by atoms with Crippen molar-refractivity contribution < 1.29 is 0 Å². The van der Waals surface area contributed by atoms with Crippen LogP contribution in [0.4, 0.5) is 0 Å². The van der Waals surface area contributed by atoms with Crippen molar-refractivity contribution in [2.45, 2.75) is 66.1 Å². The molecular weight excluding hydrogens is 256 g/mol. The molecular formula is C19H32N2. The van der Waals surface area contributed by atoms with E-state index in [-0.39, 0.29) is 0 Å². The predicted molar refractivity (Wildman–Crippen MR) is 91.7 cm³/mol. The van der Waals surface area contributed by atoms with Gasteiger partial charge in [0.15, 0.2) is 0 Å². The van der Waals surface area contributed by atoms with Crippen molar-refractivity contribution in [3.63, 3.8) is 0 Å². The number of piperazine rings is 1. The van der Waals surface area contributed by atoms with E-state index in [4.69, 9.17) is 0 Å². The number of nitrogens with one attached hydrogen (secondary N) is 1. The lowest BCUT2D eigenvalue weighted by Gasteiger charge is -2.41. The van der Waals surface area contributed by atoms with Crippen molar-refractivity contribution in [3.05, 3.63) is 34.9 Å². The molecule has 1 saturated heterocycles. The third-order valence-corrected chi connectivity index (χ3v) is 4.73. The van der Waals surface area contributed by atoms with Crippen LogP contribution in [-0.2, 0) is 6.54 Å². The third-order valence-electron chi connectivity index (χ3n) is 4.73. The first kappa shape index (κ1) is 16.5. The lowest BCUT2D eigenvalue weighted by atomic mass is 9.96. The SMILES string of the molecule is CCC1CN(Cc2cc(C)ccc2C)C(CC(C)C)CN1. The minimum atomic E-state index is 0.651. The maximum absolute atomic E-state index is 3.72. The van der Waals surface area contributed by atoms with Crippen LogP contribution in [0, 0.1) is 19.8 Å². The van der Waals surface area contributed by atoms with Gasteiger partial charge in [0.2, 0.25) is 0 Å². The van der Waals surface area contributed by atoms with Crippen molar-refractivity contribution in [1.29, 1.82) is 0 Å². The van der Waals surface area contributed by atoms with Crippen LogP contribution in [-0.4, -0.2) is 30.1 Å². The van der Waals surface area contributed by atoms with Gasteiger partial charge in [-0.1, -0.05) is 44.5 Å². The van der Waals surface area contributed by atoms with Gasteiger partial charge >= 0.3 is 0 Å². The largest absolute Gasteiger partial charge is 0.311 e. The van der Waals surface area contributed by atoms with Crippen molar-refractivity contribution in [2.75, 3.05) is 13.1 Å². The highest BCUT2D eigenvalue weighted by Crippen LogP contribution is 2.21. The number of rotatable bonds is 5. The summed E-state index contributed by atoms with van der Waals surface area (Å²) in [5, 5.41) is 3.72. The van der Waals surface area contributed by atoms with Gasteiger partial charge in [-0.3, -0.25) is 4.90 Å². The zero-order valence-corrected chi connectivity index (χ0v) is 14.4. The summed E-state index contributed by atoms with van der Waals surface area (Å²) < 4.78 is 0. The molecule has 0 aromatic heterocycles. The first-order valence-electron chi connectivity index (χ1n) is 8.53. The Balaban J connectivity index is 2.13. The van der Waals surface area contributed by atoms with Crippen LogP contribution in [0.25, 0.3) is 0 Å². The topological polar surface area (TPSA) is 15.3 Å². The Morgan fingerprint density at radius 1 is 1.29 bits per heavy atom. The number of hydrogen-bond donors (Lipinski definition) is 1. The average molecular weight is 288 g/mol. The monoisotopic (exact) mass is 288 g/mol. The van der Waals surface area contributed by atoms with E-state index in [1.807, 2.05) is 0 Å². The highest BCUT2D eigenvalue weighted by atomic mass is 15.2. The Morgan fingerprint density at radius 3 is 2.71 bits per heavy atom. The fourth-order valence-corrected chi connectivity index (χ4v) is 3.36. The minimum Gasteiger partial charge on any atom is -0.311 e. The van der Waals surface area contributed by atoms with E-state index < -0.39 is 0 Å². The smallest absolute Gasteiger partial charge is 0.0240 e. The minimum absolute atomic E-state index is 0.651. The number of aryl methyl sites for hydroxylation is 2. The van der Waals surface area contributed by atoms with Crippen LogP contribution < -0.4 is 5.32 Å². The Labute approximate surface area is 130 Å². The van der Waals surface area contributed by atoms with Crippen LogP contribution >= 0.6 is 0 Å². The summed E-state index contributed by atoms with van der Waals surface area (Å²) in [6.07, 6.45) is 2.51. The molecule has 0 radical (unpaired) electrons. The number of benzene rings is 1. The van der Waals surface area contributed by atoms with E-state index in [1.54, 1.807) is 0 Å². The molecule has 21 heavy (non-hydrogen) atoms. The number of nitrogens with zero attached hydrogens (tertiary/aromatic N) is 1. The highest BCUT2D eigenvalue weighted by molar-refractivity contribution is 5.30. The molecule has 2 unspecified atom stereocenters. The molecule has 2 nitrogen and oxygen atoms in total. The van der Waals surface area contributed by atoms with Gasteiger partial charge in [-0.15, -0.1) is 0 Å². The Hall–Kier alpha value is -0.860. The zero-order valence-electron chi connectivity index (χ0n) is 14.4. The fourth-order valence-electron chi connectivity index (χ4n) is 3.36. The molecule has 2 heteroatoms. The van der Waals surface area contributed by atoms with E-state index in [2.05, 4.69) is 63.0 Å². The van der Waals surface area contributed by atoms with Crippen molar-refractivity contribution in [2.24, 2.45) is 5.92 Å². The van der Waals surface area contributed by atoms with Gasteiger partial charge in [0.1, 0.15) is 0 Å². The third kappa shape index (κ3) is 4.55. The van der Waals surface area contributed by atoms with Crippen molar-refractivity contribution >= 4 is 0 Å². The molecule has 1 aromatic carbocycles. The van der Waals surface area contributed by atoms with Gasteiger partial charge in [-0.2, -0.15) is 0 Å². The summed E-state index contributed by atoms with van der Waals surface area (Å²) >= 11 is 0. The zero-order chi connectivity index (χ0) is 15.4. The summed E-state index contributed by atoms with van der Waals surface area (Å²) in [4.78, 5) is 2.71. The Morgan fingerprint density at radius 2 is 2.05 bits per heavy atom. The second kappa shape index (κ2) is 7.42. The molecule has 1 N–H and O–H groups in total. The van der Waals surface area contributed by atoms with Crippen molar-refractivity contribution in [1.82, 2.24) is 10.2 Å². The van der Waals surface area contributed by atoms with E-state index in [0.29, 0.717) is 12.1 Å². The van der Waals surface area contributed by atoms with Gasteiger partial charge < -0.3 is 5.32 Å². The molecule has 1 aromatic rings. The quantitative estimate of drug-likeness (QED) is 0.884. The molecule has 2 atom stereocenters. The molecule has 1 aliphatic rings. The van der Waals surface area contributed by atoms with E-state index in [9.17, 15) is 0 Å². The van der Waals surface area contributed by atoms with Gasteiger partial charge in [-0.05, 0) is 43.7 Å². The molecule has 1 fully saturated rings. The van der Waals surface area contributed by atoms with E-state index >= 15 is 0 Å². The Kier molecular flexibility index (Phi) is 5.83. The summed E-state index contributed by atoms with van der Waals surface area (Å²) in [5.41, 5.74) is 4.30. The number of hydrogen-bond acceptors (Lipinski definition) is 2. The highest BCUT2D eigenvalue weighted by Gasteiger charge is 2.27. The lowest BCUT2D eigenvalue weighted by Crippen LogP contribution is -2.56. The molecule has 1 aliphatic heterocycles. The van der Waals surface area contributed by atoms with Gasteiger partial charge in [-0.25, -0.2) is 0 Å². The second-order valence-electron chi connectivity index (χ2n) is 7.16. The van der Waals surface area contributed by atoms with Crippen LogP contribution in [0.2, 0.25) is 0 Å². The molecule has 0 amide bonds. The molecule has 118 valence electrons. The lowest BCUT2D eigenvalue weighted by molar-refractivity contribution is 0.105. The standard InChI is InChI=1S/C19H32N2/c1-6-18-13-21(19(11-20-18)9-14(2)3)12-17-10-15(4)7-8-16(17)5/h7-8,10,14,18-20H,6,9,11-13H2,1-5H3. The van der Waals surface area contributed by atoms with Gasteiger partial charge in [0, 0.05) is 31.7 Å². The summed E-state index contributed by atoms with van der Waals surface area (Å²) in [6.45, 7) is 14.8. The molecule has 0 aliphatic carbocycles. The molecule has 0 saturated carbocycles. The molecule has 1 heterocycles. The van der Waals surface area contributed by atoms with E-state index in [1.165, 1.54) is 36.1 Å². The molecule has 0 spiro atoms. The first-order chi connectivity index (χ1) is 9.99. The normalized spacial score (nSPS) is 23.7. The molecule has 0 bridgehead atoms. The predicted octanol–water partition coefficient (Wildman–Crippen LogP) is 3.90. The first-order valence-corrected chi connectivity index (χ1v) is 8.53. The van der Waals surface area contributed by atoms with Gasteiger partial charge in [0.25, 0.3) is 0 Å². The average Bonchev–Trinajstić information content (AvgIpc) is 2.44. The van der Waals surface area contributed by atoms with Crippen LogP contribution in [0.5, 0.6) is 0 Å². The maximum atomic E-state index is 3.72. The van der Waals surface area contributed by atoms with E-state index in [0.717, 1.165) is 19.0 Å². The van der Waals surface area contributed by atoms with Crippen LogP contribution in [0.1, 0.15) is 50.3 Å². The Bertz CT molecular complexity index is 453. The van der Waals surface area contributed by atoms with Crippen LogP contribution in [0.15, 0.2) is 18.2 Å². The van der Waals surface area contributed by atoms with Gasteiger partial charge in [0.05, 0.1) is 0 Å². The fraction of sp³-hybridized carbons (Fsp3) is 0.684. The second-order valence-corrected chi connectivity index (χ2v) is 7.16. The maximum Gasteiger partial charge on any atom is 0.0240 e. The van der Waals surface area contributed by atoms with Crippen molar-refractivity contribution in [3.8, 4) is 0 Å². The summed E-state index contributed by atoms with van der Waals surface area (Å²) in [5.74, 6) is 0.760. The van der Waals surface area contributed by atoms with Crippen LogP contribution in [0.3, 0.4) is 0 Å². The summed E-state index contributed by atoms with van der Waals surface area (Å²) in [6, 6.07) is 8.18.